The summed E-state index contributed by atoms with van der Waals surface area (Å²) >= 11 is 0. The summed E-state index contributed by atoms with van der Waals surface area (Å²) in [6.45, 7) is 3.98. The summed E-state index contributed by atoms with van der Waals surface area (Å²) in [6, 6.07) is 6.79. The van der Waals surface area contributed by atoms with E-state index in [0.29, 0.717) is 17.4 Å². The predicted molar refractivity (Wildman–Crippen MR) is 83.0 cm³/mol. The van der Waals surface area contributed by atoms with Gasteiger partial charge in [0.1, 0.15) is 11.3 Å². The first-order valence-corrected chi connectivity index (χ1v) is 7.25. The van der Waals surface area contributed by atoms with Gasteiger partial charge < -0.3 is 14.3 Å². The molecular weight excluding hydrogens is 284 g/mol. The summed E-state index contributed by atoms with van der Waals surface area (Å²) in [7, 11) is 1.30. The van der Waals surface area contributed by atoms with Crippen LogP contribution in [0.15, 0.2) is 33.5 Å². The summed E-state index contributed by atoms with van der Waals surface area (Å²) in [6.07, 6.45) is 0.608. The van der Waals surface area contributed by atoms with Gasteiger partial charge in [0, 0.05) is 5.92 Å². The molecule has 0 amide bonds. The molecule has 0 aliphatic heterocycles. The third-order valence-corrected chi connectivity index (χ3v) is 3.62. The van der Waals surface area contributed by atoms with Crippen molar-refractivity contribution >= 4 is 16.9 Å². The molecule has 0 spiro atoms. The minimum atomic E-state index is -0.606. The zero-order chi connectivity index (χ0) is 16.3. The van der Waals surface area contributed by atoms with Crippen LogP contribution in [-0.2, 0) is 9.53 Å². The number of hydrogen-bond donors (Lipinski definition) is 1. The van der Waals surface area contributed by atoms with Gasteiger partial charge in [-0.05, 0) is 24.5 Å². The van der Waals surface area contributed by atoms with E-state index in [-0.39, 0.29) is 23.7 Å². The Morgan fingerprint density at radius 2 is 2.00 bits per heavy atom. The molecule has 22 heavy (non-hydrogen) atoms. The Labute approximate surface area is 128 Å². The monoisotopic (exact) mass is 304 g/mol. The van der Waals surface area contributed by atoms with Crippen LogP contribution in [0, 0.1) is 5.92 Å². The van der Waals surface area contributed by atoms with Crippen molar-refractivity contribution in [3.05, 3.63) is 40.2 Å². The molecule has 0 bridgehead atoms. The minimum absolute atomic E-state index is 0.0331. The molecule has 1 aromatic carbocycles. The van der Waals surface area contributed by atoms with Crippen molar-refractivity contribution in [1.29, 1.82) is 0 Å². The topological polar surface area (TPSA) is 76.7 Å². The first-order valence-electron chi connectivity index (χ1n) is 7.25. The fourth-order valence-corrected chi connectivity index (χ4v) is 2.66. The maximum absolute atomic E-state index is 12.3. The molecule has 1 N–H and O–H groups in total. The lowest BCUT2D eigenvalue weighted by Gasteiger charge is -2.18. The second kappa shape index (κ2) is 6.64. The van der Waals surface area contributed by atoms with Gasteiger partial charge in [-0.3, -0.25) is 4.79 Å². The van der Waals surface area contributed by atoms with Gasteiger partial charge in [-0.1, -0.05) is 26.0 Å². The van der Waals surface area contributed by atoms with Gasteiger partial charge in [-0.15, -0.1) is 0 Å². The minimum Gasteiger partial charge on any atom is -0.507 e. The Balaban J connectivity index is 2.57. The molecule has 118 valence electrons. The summed E-state index contributed by atoms with van der Waals surface area (Å²) in [4.78, 5) is 23.9. The molecule has 0 unspecified atom stereocenters. The van der Waals surface area contributed by atoms with E-state index >= 15 is 0 Å². The third-order valence-electron chi connectivity index (χ3n) is 3.62. The van der Waals surface area contributed by atoms with Crippen molar-refractivity contribution < 1.29 is 19.1 Å². The van der Waals surface area contributed by atoms with E-state index < -0.39 is 17.5 Å². The lowest BCUT2D eigenvalue weighted by atomic mass is 9.87. The molecule has 1 atom stereocenters. The standard InChI is InChI=1S/C17H20O5/c1-10(2)8-11(9-14(18)21-3)15-16(19)12-6-4-5-7-13(12)22-17(15)20/h4-7,10-11,19H,8-9H2,1-3H3/t11-/m0/s1. The molecule has 2 aromatic rings. The van der Waals surface area contributed by atoms with E-state index in [2.05, 4.69) is 0 Å². The van der Waals surface area contributed by atoms with Gasteiger partial charge in [0.05, 0.1) is 24.5 Å². The number of carbonyl (C=O) groups excluding carboxylic acids is 1. The van der Waals surface area contributed by atoms with Gasteiger partial charge in [-0.2, -0.15) is 0 Å². The summed E-state index contributed by atoms with van der Waals surface area (Å²) < 4.78 is 9.98. The van der Waals surface area contributed by atoms with E-state index in [4.69, 9.17) is 9.15 Å². The average molecular weight is 304 g/mol. The summed E-state index contributed by atoms with van der Waals surface area (Å²) in [5.74, 6) is -0.716. The number of esters is 1. The van der Waals surface area contributed by atoms with Gasteiger partial charge in [0.2, 0.25) is 0 Å². The number of carbonyl (C=O) groups is 1. The van der Waals surface area contributed by atoms with Crippen LogP contribution in [-0.4, -0.2) is 18.2 Å². The molecule has 5 nitrogen and oxygen atoms in total. The van der Waals surface area contributed by atoms with E-state index in [1.807, 2.05) is 13.8 Å². The number of methoxy groups -OCH3 is 1. The molecule has 0 radical (unpaired) electrons. The van der Waals surface area contributed by atoms with Crippen molar-refractivity contribution in [2.75, 3.05) is 7.11 Å². The van der Waals surface area contributed by atoms with Crippen LogP contribution in [0.2, 0.25) is 0 Å². The fourth-order valence-electron chi connectivity index (χ4n) is 2.66. The predicted octanol–water partition coefficient (Wildman–Crippen LogP) is 3.19. The summed E-state index contributed by atoms with van der Waals surface area (Å²) in [5.41, 5.74) is -0.126. The Bertz CT molecular complexity index is 729. The largest absolute Gasteiger partial charge is 0.507 e. The van der Waals surface area contributed by atoms with E-state index in [0.717, 1.165) is 0 Å². The van der Waals surface area contributed by atoms with Crippen LogP contribution in [0.1, 0.15) is 38.2 Å². The maximum atomic E-state index is 12.3. The van der Waals surface area contributed by atoms with Gasteiger partial charge in [-0.25, -0.2) is 4.79 Å². The average Bonchev–Trinajstić information content (AvgIpc) is 2.46. The van der Waals surface area contributed by atoms with Gasteiger partial charge >= 0.3 is 11.6 Å². The second-order valence-electron chi connectivity index (χ2n) is 5.75. The molecule has 1 heterocycles. The molecule has 0 aliphatic rings. The number of fused-ring (bicyclic) bond motifs is 1. The highest BCUT2D eigenvalue weighted by Crippen LogP contribution is 2.35. The van der Waals surface area contributed by atoms with Crippen LogP contribution >= 0.6 is 0 Å². The number of hydrogen-bond acceptors (Lipinski definition) is 5. The normalized spacial score (nSPS) is 12.5. The fraction of sp³-hybridized carbons (Fsp3) is 0.412. The van der Waals surface area contributed by atoms with Crippen molar-refractivity contribution in [2.24, 2.45) is 5.92 Å². The third kappa shape index (κ3) is 3.30. The quantitative estimate of drug-likeness (QED) is 0.678. The zero-order valence-corrected chi connectivity index (χ0v) is 13.0. The SMILES string of the molecule is COC(=O)C[C@H](CC(C)C)c1c(O)c2ccccc2oc1=O. The van der Waals surface area contributed by atoms with Crippen LogP contribution in [0.4, 0.5) is 0 Å². The maximum Gasteiger partial charge on any atom is 0.343 e. The second-order valence-corrected chi connectivity index (χ2v) is 5.75. The van der Waals surface area contributed by atoms with Crippen molar-refractivity contribution in [2.45, 2.75) is 32.6 Å². The molecule has 2 rings (SSSR count). The van der Waals surface area contributed by atoms with Crippen molar-refractivity contribution in [3.63, 3.8) is 0 Å². The molecule has 0 saturated heterocycles. The van der Waals surface area contributed by atoms with E-state index in [1.54, 1.807) is 24.3 Å². The smallest absolute Gasteiger partial charge is 0.343 e. The van der Waals surface area contributed by atoms with Crippen LogP contribution in [0.25, 0.3) is 11.0 Å². The molecule has 0 fully saturated rings. The Morgan fingerprint density at radius 3 is 2.64 bits per heavy atom. The highest BCUT2D eigenvalue weighted by atomic mass is 16.5. The van der Waals surface area contributed by atoms with E-state index in [1.165, 1.54) is 7.11 Å². The molecule has 5 heteroatoms. The number of rotatable bonds is 5. The number of ether oxygens (including phenoxy) is 1. The Morgan fingerprint density at radius 1 is 1.32 bits per heavy atom. The molecular formula is C17H20O5. The first-order chi connectivity index (χ1) is 10.4. The van der Waals surface area contributed by atoms with Crippen molar-refractivity contribution in [1.82, 2.24) is 0 Å². The number of aromatic hydroxyl groups is 1. The first kappa shape index (κ1) is 16.1. The lowest BCUT2D eigenvalue weighted by Crippen LogP contribution is -2.18. The van der Waals surface area contributed by atoms with Crippen LogP contribution in [0.3, 0.4) is 0 Å². The number of benzene rings is 1. The van der Waals surface area contributed by atoms with Crippen LogP contribution < -0.4 is 5.63 Å². The van der Waals surface area contributed by atoms with Gasteiger partial charge in [0.25, 0.3) is 0 Å². The highest BCUT2D eigenvalue weighted by Gasteiger charge is 2.26. The number of para-hydroxylation sites is 1. The summed E-state index contributed by atoms with van der Waals surface area (Å²) in [5, 5.41) is 11.0. The zero-order valence-electron chi connectivity index (χ0n) is 13.0. The molecule has 0 saturated carbocycles. The van der Waals surface area contributed by atoms with Crippen molar-refractivity contribution in [3.8, 4) is 5.75 Å². The highest BCUT2D eigenvalue weighted by molar-refractivity contribution is 5.84. The Hall–Kier alpha value is -2.30. The lowest BCUT2D eigenvalue weighted by molar-refractivity contribution is -0.141. The van der Waals surface area contributed by atoms with Crippen LogP contribution in [0.5, 0.6) is 5.75 Å². The molecule has 0 aliphatic carbocycles. The van der Waals surface area contributed by atoms with Gasteiger partial charge in [0.15, 0.2) is 0 Å². The Kier molecular flexibility index (Phi) is 4.85. The molecule has 1 aromatic heterocycles. The van der Waals surface area contributed by atoms with E-state index in [9.17, 15) is 14.7 Å².